The van der Waals surface area contributed by atoms with Crippen LogP contribution in [-0.4, -0.2) is 30.5 Å². The molecule has 0 atom stereocenters. The minimum absolute atomic E-state index is 0.851. The van der Waals surface area contributed by atoms with E-state index in [1.807, 2.05) is 6.92 Å². The highest BCUT2D eigenvalue weighted by Crippen LogP contribution is 2.20. The number of anilines is 1. The van der Waals surface area contributed by atoms with Gasteiger partial charge >= 0.3 is 0 Å². The van der Waals surface area contributed by atoms with E-state index in [4.69, 9.17) is 5.73 Å². The van der Waals surface area contributed by atoms with Gasteiger partial charge < -0.3 is 10.6 Å². The normalized spacial score (nSPS) is 11.0. The molecule has 1 heterocycles. The summed E-state index contributed by atoms with van der Waals surface area (Å²) in [6.45, 7) is 2.98. The first kappa shape index (κ1) is 9.48. The lowest BCUT2D eigenvalue weighted by molar-refractivity contribution is 0.413. The molecule has 0 aliphatic carbocycles. The van der Waals surface area contributed by atoms with E-state index in [2.05, 4.69) is 24.0 Å². The Bertz CT molecular complexity index is 235. The van der Waals surface area contributed by atoms with E-state index < -0.39 is 0 Å². The predicted octanol–water partition coefficient (Wildman–Crippen LogP) is 1.14. The predicted molar refractivity (Wildman–Crippen MR) is 53.5 cm³/mol. The van der Waals surface area contributed by atoms with Gasteiger partial charge in [0.15, 0.2) is 0 Å². The van der Waals surface area contributed by atoms with Crippen molar-refractivity contribution >= 4 is 16.3 Å². The SMILES string of the molecule is Cc1nc(CCN(C)C)sc1N. The number of hydrogen-bond acceptors (Lipinski definition) is 4. The molecule has 0 bridgehead atoms. The van der Waals surface area contributed by atoms with Gasteiger partial charge in [0.1, 0.15) is 5.00 Å². The maximum atomic E-state index is 5.69. The molecule has 1 rings (SSSR count). The Hall–Kier alpha value is -0.610. The smallest absolute Gasteiger partial charge is 0.109 e. The van der Waals surface area contributed by atoms with Crippen molar-refractivity contribution in [1.29, 1.82) is 0 Å². The molecular weight excluding hydrogens is 170 g/mol. The molecule has 0 saturated heterocycles. The molecule has 68 valence electrons. The van der Waals surface area contributed by atoms with E-state index in [-0.39, 0.29) is 0 Å². The average Bonchev–Trinajstić information content (AvgIpc) is 2.28. The van der Waals surface area contributed by atoms with Crippen LogP contribution >= 0.6 is 11.3 Å². The maximum absolute atomic E-state index is 5.69. The summed E-state index contributed by atoms with van der Waals surface area (Å²) in [6.07, 6.45) is 0.996. The number of nitrogens with two attached hydrogens (primary N) is 1. The van der Waals surface area contributed by atoms with Gasteiger partial charge in [-0.05, 0) is 21.0 Å². The van der Waals surface area contributed by atoms with Gasteiger partial charge in [-0.2, -0.15) is 0 Å². The van der Waals surface area contributed by atoms with Crippen LogP contribution in [0.4, 0.5) is 5.00 Å². The Balaban J connectivity index is 2.53. The Morgan fingerprint density at radius 3 is 2.58 bits per heavy atom. The van der Waals surface area contributed by atoms with Crippen LogP contribution in [0.25, 0.3) is 0 Å². The lowest BCUT2D eigenvalue weighted by Gasteiger charge is -2.06. The van der Waals surface area contributed by atoms with E-state index in [1.54, 1.807) is 11.3 Å². The third-order valence-electron chi connectivity index (χ3n) is 1.65. The fourth-order valence-corrected chi connectivity index (χ4v) is 1.72. The first-order valence-electron chi connectivity index (χ1n) is 3.96. The van der Waals surface area contributed by atoms with Crippen molar-refractivity contribution in [3.63, 3.8) is 0 Å². The number of aryl methyl sites for hydroxylation is 1. The number of likely N-dealkylation sites (N-methyl/N-ethyl adjacent to an activating group) is 1. The highest BCUT2D eigenvalue weighted by atomic mass is 32.1. The molecule has 3 nitrogen and oxygen atoms in total. The van der Waals surface area contributed by atoms with Crippen LogP contribution in [0.2, 0.25) is 0 Å². The summed E-state index contributed by atoms with van der Waals surface area (Å²) in [5.74, 6) is 0. The number of nitrogen functional groups attached to an aromatic ring is 1. The van der Waals surface area contributed by atoms with Gasteiger partial charge in [-0.1, -0.05) is 0 Å². The van der Waals surface area contributed by atoms with Gasteiger partial charge in [-0.15, -0.1) is 11.3 Å². The van der Waals surface area contributed by atoms with Crippen LogP contribution in [0.5, 0.6) is 0 Å². The summed E-state index contributed by atoms with van der Waals surface area (Å²) >= 11 is 1.60. The summed E-state index contributed by atoms with van der Waals surface area (Å²) in [4.78, 5) is 6.49. The van der Waals surface area contributed by atoms with Gasteiger partial charge in [0, 0.05) is 13.0 Å². The molecule has 0 aromatic carbocycles. The van der Waals surface area contributed by atoms with Crippen molar-refractivity contribution in [2.75, 3.05) is 26.4 Å². The van der Waals surface area contributed by atoms with Gasteiger partial charge in [0.2, 0.25) is 0 Å². The van der Waals surface area contributed by atoms with Crippen molar-refractivity contribution < 1.29 is 0 Å². The quantitative estimate of drug-likeness (QED) is 0.768. The summed E-state index contributed by atoms with van der Waals surface area (Å²) in [5, 5.41) is 1.99. The molecule has 0 unspecified atom stereocenters. The Morgan fingerprint density at radius 2 is 2.17 bits per heavy atom. The lowest BCUT2D eigenvalue weighted by Crippen LogP contribution is -2.14. The van der Waals surface area contributed by atoms with Crippen molar-refractivity contribution in [1.82, 2.24) is 9.88 Å². The van der Waals surface area contributed by atoms with E-state index in [0.717, 1.165) is 28.7 Å². The second-order valence-electron chi connectivity index (χ2n) is 3.11. The molecule has 0 saturated carbocycles. The first-order chi connectivity index (χ1) is 5.59. The number of thiazole rings is 1. The molecule has 0 aliphatic heterocycles. The molecule has 1 aromatic heterocycles. The van der Waals surface area contributed by atoms with Crippen LogP contribution in [0.3, 0.4) is 0 Å². The molecule has 12 heavy (non-hydrogen) atoms. The Kier molecular flexibility index (Phi) is 3.05. The summed E-state index contributed by atoms with van der Waals surface area (Å²) in [6, 6.07) is 0. The minimum atomic E-state index is 0.851. The van der Waals surface area contributed by atoms with Crippen LogP contribution in [0, 0.1) is 6.92 Å². The second kappa shape index (κ2) is 3.87. The summed E-state index contributed by atoms with van der Waals surface area (Å²) in [7, 11) is 4.12. The van der Waals surface area contributed by atoms with Crippen LogP contribution in [0.15, 0.2) is 0 Å². The van der Waals surface area contributed by atoms with Crippen molar-refractivity contribution in [2.45, 2.75) is 13.3 Å². The first-order valence-corrected chi connectivity index (χ1v) is 4.77. The molecule has 0 aliphatic rings. The summed E-state index contributed by atoms with van der Waals surface area (Å²) < 4.78 is 0. The van der Waals surface area contributed by atoms with Gasteiger partial charge in [0.25, 0.3) is 0 Å². The van der Waals surface area contributed by atoms with E-state index in [0.29, 0.717) is 0 Å². The lowest BCUT2D eigenvalue weighted by atomic mass is 10.4. The average molecular weight is 185 g/mol. The summed E-state index contributed by atoms with van der Waals surface area (Å²) in [5.41, 5.74) is 6.66. The van der Waals surface area contributed by atoms with E-state index in [9.17, 15) is 0 Å². The minimum Gasteiger partial charge on any atom is -0.389 e. The molecule has 0 spiro atoms. The third kappa shape index (κ3) is 2.46. The van der Waals surface area contributed by atoms with Crippen LogP contribution in [-0.2, 0) is 6.42 Å². The van der Waals surface area contributed by atoms with Gasteiger partial charge in [0.05, 0.1) is 10.7 Å². The van der Waals surface area contributed by atoms with Crippen molar-refractivity contribution in [3.05, 3.63) is 10.7 Å². The molecular formula is C8H15N3S. The number of rotatable bonds is 3. The zero-order chi connectivity index (χ0) is 9.14. The molecule has 0 radical (unpaired) electrons. The number of hydrogen-bond donors (Lipinski definition) is 1. The molecule has 2 N–H and O–H groups in total. The van der Waals surface area contributed by atoms with Crippen molar-refractivity contribution in [3.8, 4) is 0 Å². The van der Waals surface area contributed by atoms with Gasteiger partial charge in [-0.3, -0.25) is 0 Å². The topological polar surface area (TPSA) is 42.2 Å². The third-order valence-corrected chi connectivity index (χ3v) is 2.70. The highest BCUT2D eigenvalue weighted by Gasteiger charge is 2.03. The number of aromatic nitrogens is 1. The largest absolute Gasteiger partial charge is 0.389 e. The van der Waals surface area contributed by atoms with Crippen LogP contribution in [0.1, 0.15) is 10.7 Å². The second-order valence-corrected chi connectivity index (χ2v) is 4.23. The molecule has 0 fully saturated rings. The standard InChI is InChI=1S/C8H15N3S/c1-6-8(9)12-7(10-6)4-5-11(2)3/h4-5,9H2,1-3H3. The maximum Gasteiger partial charge on any atom is 0.109 e. The fourth-order valence-electron chi connectivity index (χ4n) is 0.892. The molecule has 4 heteroatoms. The van der Waals surface area contributed by atoms with Gasteiger partial charge in [-0.25, -0.2) is 4.98 Å². The highest BCUT2D eigenvalue weighted by molar-refractivity contribution is 7.15. The fraction of sp³-hybridized carbons (Fsp3) is 0.625. The molecule has 0 amide bonds. The van der Waals surface area contributed by atoms with E-state index >= 15 is 0 Å². The van der Waals surface area contributed by atoms with Crippen LogP contribution < -0.4 is 5.73 Å². The Morgan fingerprint density at radius 1 is 1.50 bits per heavy atom. The Labute approximate surface area is 77.2 Å². The molecule has 1 aromatic rings. The van der Waals surface area contributed by atoms with Crippen molar-refractivity contribution in [2.24, 2.45) is 0 Å². The number of nitrogens with zero attached hydrogens (tertiary/aromatic N) is 2. The zero-order valence-corrected chi connectivity index (χ0v) is 8.61. The van der Waals surface area contributed by atoms with E-state index in [1.165, 1.54) is 0 Å². The zero-order valence-electron chi connectivity index (χ0n) is 7.79. The monoisotopic (exact) mass is 185 g/mol.